The van der Waals surface area contributed by atoms with Crippen LogP contribution in [0.3, 0.4) is 0 Å². The summed E-state index contributed by atoms with van der Waals surface area (Å²) in [6.07, 6.45) is 7.21. The van der Waals surface area contributed by atoms with E-state index in [0.29, 0.717) is 5.56 Å². The van der Waals surface area contributed by atoms with E-state index in [-0.39, 0.29) is 17.7 Å². The van der Waals surface area contributed by atoms with Crippen LogP contribution in [0.5, 0.6) is 5.75 Å². The van der Waals surface area contributed by atoms with E-state index in [0.717, 1.165) is 18.8 Å². The molecule has 0 atom stereocenters. The van der Waals surface area contributed by atoms with Crippen LogP contribution in [0.4, 0.5) is 0 Å². The first kappa shape index (κ1) is 11.9. The average molecular weight is 234 g/mol. The maximum Gasteiger partial charge on any atom is 0.253 e. The fourth-order valence-electron chi connectivity index (χ4n) is 2.23. The molecule has 17 heavy (non-hydrogen) atoms. The van der Waals surface area contributed by atoms with Gasteiger partial charge in [-0.3, -0.25) is 9.78 Å². The van der Waals surface area contributed by atoms with E-state index >= 15 is 0 Å². The Hall–Kier alpha value is -1.58. The van der Waals surface area contributed by atoms with Crippen molar-refractivity contribution < 1.29 is 9.90 Å². The van der Waals surface area contributed by atoms with Crippen molar-refractivity contribution in [3.05, 3.63) is 24.0 Å². The van der Waals surface area contributed by atoms with Crippen LogP contribution in [-0.2, 0) is 0 Å². The molecule has 0 unspecified atom stereocenters. The zero-order valence-corrected chi connectivity index (χ0v) is 10.0. The summed E-state index contributed by atoms with van der Waals surface area (Å²) in [7, 11) is 0. The molecule has 4 nitrogen and oxygen atoms in total. The lowest BCUT2D eigenvalue weighted by Gasteiger charge is -2.26. The van der Waals surface area contributed by atoms with E-state index in [2.05, 4.69) is 17.2 Å². The maximum atomic E-state index is 11.9. The van der Waals surface area contributed by atoms with E-state index < -0.39 is 0 Å². The molecule has 0 saturated heterocycles. The number of amides is 1. The largest absolute Gasteiger partial charge is 0.506 e. The summed E-state index contributed by atoms with van der Waals surface area (Å²) in [5, 5.41) is 12.3. The molecule has 1 aromatic rings. The second kappa shape index (κ2) is 5.17. The Morgan fingerprint density at radius 3 is 2.71 bits per heavy atom. The Kier molecular flexibility index (Phi) is 3.61. The van der Waals surface area contributed by atoms with E-state index in [4.69, 9.17) is 0 Å². The quantitative estimate of drug-likeness (QED) is 0.823. The number of rotatable bonds is 2. The fraction of sp³-hybridized carbons (Fsp3) is 0.538. The topological polar surface area (TPSA) is 62.2 Å². The van der Waals surface area contributed by atoms with Crippen molar-refractivity contribution in [3.8, 4) is 5.75 Å². The number of nitrogens with zero attached hydrogens (tertiary/aromatic N) is 1. The Bertz CT molecular complexity index is 398. The minimum Gasteiger partial charge on any atom is -0.506 e. The second-order valence-corrected chi connectivity index (χ2v) is 4.86. The smallest absolute Gasteiger partial charge is 0.253 e. The Labute approximate surface area is 101 Å². The Morgan fingerprint density at radius 2 is 2.06 bits per heavy atom. The number of aromatic nitrogens is 1. The predicted molar refractivity (Wildman–Crippen MR) is 64.8 cm³/mol. The van der Waals surface area contributed by atoms with Crippen LogP contribution < -0.4 is 5.32 Å². The van der Waals surface area contributed by atoms with Crippen molar-refractivity contribution in [1.29, 1.82) is 0 Å². The highest BCUT2D eigenvalue weighted by molar-refractivity contribution is 5.94. The first-order valence-corrected chi connectivity index (χ1v) is 6.10. The van der Waals surface area contributed by atoms with Crippen molar-refractivity contribution in [2.24, 2.45) is 5.92 Å². The molecule has 2 N–H and O–H groups in total. The normalized spacial score (nSPS) is 24.3. The minimum atomic E-state index is -0.145. The van der Waals surface area contributed by atoms with Crippen molar-refractivity contribution in [2.75, 3.05) is 0 Å². The summed E-state index contributed by atoms with van der Waals surface area (Å²) < 4.78 is 0. The van der Waals surface area contributed by atoms with Crippen molar-refractivity contribution in [2.45, 2.75) is 38.6 Å². The molecule has 0 bridgehead atoms. The zero-order valence-electron chi connectivity index (χ0n) is 10.0. The summed E-state index contributed by atoms with van der Waals surface area (Å²) in [4.78, 5) is 15.7. The summed E-state index contributed by atoms with van der Waals surface area (Å²) in [5.41, 5.74) is 0.420. The van der Waals surface area contributed by atoms with Gasteiger partial charge in [-0.25, -0.2) is 0 Å². The number of hydrogen-bond donors (Lipinski definition) is 2. The molecule has 1 fully saturated rings. The van der Waals surface area contributed by atoms with Gasteiger partial charge in [0.1, 0.15) is 5.75 Å². The molecular weight excluding hydrogens is 216 g/mol. The van der Waals surface area contributed by atoms with Gasteiger partial charge < -0.3 is 10.4 Å². The molecule has 4 heteroatoms. The highest BCUT2D eigenvalue weighted by Gasteiger charge is 2.20. The zero-order chi connectivity index (χ0) is 12.3. The van der Waals surface area contributed by atoms with Crippen molar-refractivity contribution in [3.63, 3.8) is 0 Å². The summed E-state index contributed by atoms with van der Waals surface area (Å²) >= 11 is 0. The van der Waals surface area contributed by atoms with E-state index in [9.17, 15) is 9.90 Å². The third-order valence-electron chi connectivity index (χ3n) is 3.34. The van der Waals surface area contributed by atoms with E-state index in [1.807, 2.05) is 0 Å². The Balaban J connectivity index is 1.93. The summed E-state index contributed by atoms with van der Waals surface area (Å²) in [6, 6.07) is 1.70. The van der Waals surface area contributed by atoms with Gasteiger partial charge in [-0.1, -0.05) is 6.92 Å². The summed E-state index contributed by atoms with van der Waals surface area (Å²) in [5.74, 6) is 0.647. The lowest BCUT2D eigenvalue weighted by molar-refractivity contribution is 0.0922. The number of nitrogens with one attached hydrogen (secondary N) is 1. The van der Waals surface area contributed by atoms with Crippen LogP contribution >= 0.6 is 0 Å². The molecule has 1 aromatic heterocycles. The molecular formula is C13H18N2O2. The number of pyridine rings is 1. The van der Waals surface area contributed by atoms with Gasteiger partial charge in [0.15, 0.2) is 0 Å². The molecule has 0 aromatic carbocycles. The standard InChI is InChI=1S/C13H18N2O2/c1-9-2-4-11(5-3-9)15-13(17)10-6-12(16)8-14-7-10/h6-9,11,16H,2-5H2,1H3,(H,15,17). The highest BCUT2D eigenvalue weighted by atomic mass is 16.3. The third kappa shape index (κ3) is 3.19. The highest BCUT2D eigenvalue weighted by Crippen LogP contribution is 2.23. The van der Waals surface area contributed by atoms with Crippen LogP contribution in [0.25, 0.3) is 0 Å². The lowest BCUT2D eigenvalue weighted by Crippen LogP contribution is -2.37. The molecule has 0 aliphatic heterocycles. The number of aromatic hydroxyl groups is 1. The van der Waals surface area contributed by atoms with Gasteiger partial charge in [-0.05, 0) is 37.7 Å². The number of carbonyl (C=O) groups is 1. The average Bonchev–Trinajstić information content (AvgIpc) is 2.32. The van der Waals surface area contributed by atoms with Crippen LogP contribution in [0.1, 0.15) is 43.0 Å². The van der Waals surface area contributed by atoms with Gasteiger partial charge in [0.05, 0.1) is 11.8 Å². The van der Waals surface area contributed by atoms with Crippen molar-refractivity contribution in [1.82, 2.24) is 10.3 Å². The number of carbonyl (C=O) groups excluding carboxylic acids is 1. The Morgan fingerprint density at radius 1 is 1.35 bits per heavy atom. The first-order chi connectivity index (χ1) is 8.15. The van der Waals surface area contributed by atoms with E-state index in [1.165, 1.54) is 31.3 Å². The molecule has 92 valence electrons. The van der Waals surface area contributed by atoms with Crippen LogP contribution in [0.2, 0.25) is 0 Å². The maximum absolute atomic E-state index is 11.9. The SMILES string of the molecule is CC1CCC(NC(=O)c2cncc(O)c2)CC1. The molecule has 1 heterocycles. The second-order valence-electron chi connectivity index (χ2n) is 4.86. The molecule has 2 rings (SSSR count). The molecule has 0 spiro atoms. The van der Waals surface area contributed by atoms with Gasteiger partial charge in [-0.15, -0.1) is 0 Å². The van der Waals surface area contributed by atoms with Crippen LogP contribution in [0, 0.1) is 5.92 Å². The monoisotopic (exact) mass is 234 g/mol. The molecule has 1 aliphatic carbocycles. The van der Waals surface area contributed by atoms with Gasteiger partial charge in [0.25, 0.3) is 5.91 Å². The lowest BCUT2D eigenvalue weighted by atomic mass is 9.87. The molecule has 1 amide bonds. The van der Waals surface area contributed by atoms with Gasteiger partial charge in [0, 0.05) is 12.2 Å². The van der Waals surface area contributed by atoms with Gasteiger partial charge >= 0.3 is 0 Å². The third-order valence-corrected chi connectivity index (χ3v) is 3.34. The van der Waals surface area contributed by atoms with E-state index in [1.54, 1.807) is 0 Å². The minimum absolute atomic E-state index is 0.0231. The number of hydrogen-bond acceptors (Lipinski definition) is 3. The first-order valence-electron chi connectivity index (χ1n) is 6.10. The van der Waals surface area contributed by atoms with Crippen molar-refractivity contribution >= 4 is 5.91 Å². The van der Waals surface area contributed by atoms with Crippen LogP contribution in [0.15, 0.2) is 18.5 Å². The fourth-order valence-corrected chi connectivity index (χ4v) is 2.23. The van der Waals surface area contributed by atoms with Crippen LogP contribution in [-0.4, -0.2) is 22.0 Å². The van der Waals surface area contributed by atoms with Gasteiger partial charge in [-0.2, -0.15) is 0 Å². The molecule has 0 radical (unpaired) electrons. The predicted octanol–water partition coefficient (Wildman–Crippen LogP) is 2.10. The van der Waals surface area contributed by atoms with Gasteiger partial charge in [0.2, 0.25) is 0 Å². The summed E-state index contributed by atoms with van der Waals surface area (Å²) in [6.45, 7) is 2.25. The molecule has 1 saturated carbocycles. The molecule has 1 aliphatic rings.